The molecule has 0 saturated heterocycles. The van der Waals surface area contributed by atoms with Crippen molar-refractivity contribution in [3.05, 3.63) is 0 Å². The van der Waals surface area contributed by atoms with Crippen LogP contribution in [0.15, 0.2) is 0 Å². The summed E-state index contributed by atoms with van der Waals surface area (Å²) in [6.07, 6.45) is 18.7. The fourth-order valence-corrected chi connectivity index (χ4v) is 2.48. The molecular weight excluding hydrogens is 232 g/mol. The van der Waals surface area contributed by atoms with Crippen LogP contribution in [-0.4, -0.2) is 6.29 Å². The van der Waals surface area contributed by atoms with Crippen LogP contribution in [0.3, 0.4) is 0 Å². The van der Waals surface area contributed by atoms with Gasteiger partial charge in [0.1, 0.15) is 6.29 Å². The van der Waals surface area contributed by atoms with Gasteiger partial charge in [-0.15, -0.1) is 0 Å². The van der Waals surface area contributed by atoms with E-state index in [1.807, 2.05) is 13.8 Å². The summed E-state index contributed by atoms with van der Waals surface area (Å²) in [5.74, 6) is 0. The maximum Gasteiger partial charge on any atom is 0.125 e. The van der Waals surface area contributed by atoms with E-state index in [0.29, 0.717) is 0 Å². The van der Waals surface area contributed by atoms with Gasteiger partial charge in [-0.3, -0.25) is 0 Å². The van der Waals surface area contributed by atoms with Gasteiger partial charge >= 0.3 is 0 Å². The third kappa shape index (κ3) is 13.9. The number of rotatable bonds is 14. The summed E-state index contributed by atoms with van der Waals surface area (Å²) >= 11 is 0. The lowest BCUT2D eigenvalue weighted by atomic mass is 9.88. The Hall–Kier alpha value is -0.330. The SMILES string of the molecule is CCCCCCCCCCCCCCC(C)(C)C=O. The molecule has 0 radical (unpaired) electrons. The highest BCUT2D eigenvalue weighted by molar-refractivity contribution is 5.57. The lowest BCUT2D eigenvalue weighted by molar-refractivity contribution is -0.115. The Morgan fingerprint density at radius 3 is 1.42 bits per heavy atom. The van der Waals surface area contributed by atoms with Crippen LogP contribution in [0, 0.1) is 5.41 Å². The topological polar surface area (TPSA) is 17.1 Å². The Labute approximate surface area is 121 Å². The predicted molar refractivity (Wildman–Crippen MR) is 85.5 cm³/mol. The van der Waals surface area contributed by atoms with Crippen molar-refractivity contribution in [2.45, 2.75) is 104 Å². The maximum absolute atomic E-state index is 10.8. The summed E-state index contributed by atoms with van der Waals surface area (Å²) in [4.78, 5) is 10.8. The average molecular weight is 268 g/mol. The van der Waals surface area contributed by atoms with E-state index >= 15 is 0 Å². The van der Waals surface area contributed by atoms with Gasteiger partial charge in [-0.1, -0.05) is 97.8 Å². The molecule has 0 aromatic carbocycles. The van der Waals surface area contributed by atoms with Crippen LogP contribution >= 0.6 is 0 Å². The van der Waals surface area contributed by atoms with Crippen molar-refractivity contribution in [3.8, 4) is 0 Å². The van der Waals surface area contributed by atoms with Gasteiger partial charge in [0.2, 0.25) is 0 Å². The molecule has 0 aromatic rings. The van der Waals surface area contributed by atoms with Crippen LogP contribution in [0.2, 0.25) is 0 Å². The van der Waals surface area contributed by atoms with E-state index in [1.165, 1.54) is 77.0 Å². The first-order valence-corrected chi connectivity index (χ1v) is 8.59. The highest BCUT2D eigenvalue weighted by Gasteiger charge is 2.14. The zero-order valence-corrected chi connectivity index (χ0v) is 13.7. The first-order valence-electron chi connectivity index (χ1n) is 8.59. The maximum atomic E-state index is 10.8. The Balaban J connectivity index is 3.09. The number of hydrogen-bond donors (Lipinski definition) is 0. The van der Waals surface area contributed by atoms with Crippen molar-refractivity contribution in [2.24, 2.45) is 5.41 Å². The van der Waals surface area contributed by atoms with E-state index in [4.69, 9.17) is 0 Å². The Morgan fingerprint density at radius 1 is 0.684 bits per heavy atom. The van der Waals surface area contributed by atoms with E-state index in [2.05, 4.69) is 6.92 Å². The predicted octanol–water partition coefficient (Wildman–Crippen LogP) is 6.30. The largest absolute Gasteiger partial charge is 0.303 e. The second kappa shape index (κ2) is 12.7. The minimum atomic E-state index is -0.0987. The van der Waals surface area contributed by atoms with Gasteiger partial charge in [-0.25, -0.2) is 0 Å². The average Bonchev–Trinajstić information content (AvgIpc) is 2.40. The molecule has 19 heavy (non-hydrogen) atoms. The molecule has 0 fully saturated rings. The number of carbonyl (C=O) groups is 1. The smallest absolute Gasteiger partial charge is 0.125 e. The third-order valence-corrected chi connectivity index (χ3v) is 3.99. The van der Waals surface area contributed by atoms with E-state index in [0.717, 1.165) is 12.7 Å². The van der Waals surface area contributed by atoms with Crippen molar-refractivity contribution in [1.29, 1.82) is 0 Å². The molecular formula is C18H36O. The molecule has 0 N–H and O–H groups in total. The van der Waals surface area contributed by atoms with Crippen LogP contribution in [0.4, 0.5) is 0 Å². The van der Waals surface area contributed by atoms with E-state index in [9.17, 15) is 4.79 Å². The summed E-state index contributed by atoms with van der Waals surface area (Å²) in [5, 5.41) is 0. The number of unbranched alkanes of at least 4 members (excludes halogenated alkanes) is 11. The normalized spacial score (nSPS) is 11.7. The van der Waals surface area contributed by atoms with Gasteiger partial charge < -0.3 is 4.79 Å². The molecule has 0 aliphatic heterocycles. The highest BCUT2D eigenvalue weighted by atomic mass is 16.1. The molecule has 0 spiro atoms. The fourth-order valence-electron chi connectivity index (χ4n) is 2.48. The molecule has 0 rings (SSSR count). The minimum absolute atomic E-state index is 0.0987. The first-order chi connectivity index (χ1) is 9.12. The van der Waals surface area contributed by atoms with Crippen molar-refractivity contribution < 1.29 is 4.79 Å². The Kier molecular flexibility index (Phi) is 12.5. The number of hydrogen-bond acceptors (Lipinski definition) is 1. The Morgan fingerprint density at radius 2 is 1.05 bits per heavy atom. The zero-order chi connectivity index (χ0) is 14.4. The number of aldehydes is 1. The molecule has 0 aromatic heterocycles. The summed E-state index contributed by atoms with van der Waals surface area (Å²) < 4.78 is 0. The van der Waals surface area contributed by atoms with E-state index in [1.54, 1.807) is 0 Å². The van der Waals surface area contributed by atoms with Crippen LogP contribution in [0.25, 0.3) is 0 Å². The monoisotopic (exact) mass is 268 g/mol. The highest BCUT2D eigenvalue weighted by Crippen LogP contribution is 2.21. The minimum Gasteiger partial charge on any atom is -0.303 e. The fraction of sp³-hybridized carbons (Fsp3) is 0.944. The van der Waals surface area contributed by atoms with E-state index < -0.39 is 0 Å². The van der Waals surface area contributed by atoms with Crippen LogP contribution in [0.5, 0.6) is 0 Å². The van der Waals surface area contributed by atoms with Gasteiger partial charge in [0.25, 0.3) is 0 Å². The quantitative estimate of drug-likeness (QED) is 0.267. The second-order valence-electron chi connectivity index (χ2n) is 6.75. The van der Waals surface area contributed by atoms with Crippen LogP contribution in [0.1, 0.15) is 104 Å². The van der Waals surface area contributed by atoms with Crippen LogP contribution < -0.4 is 0 Å². The van der Waals surface area contributed by atoms with Gasteiger partial charge in [0.05, 0.1) is 0 Å². The van der Waals surface area contributed by atoms with Gasteiger partial charge in [0.15, 0.2) is 0 Å². The van der Waals surface area contributed by atoms with Gasteiger partial charge in [0, 0.05) is 5.41 Å². The lowest BCUT2D eigenvalue weighted by Gasteiger charge is -2.15. The summed E-state index contributed by atoms with van der Waals surface area (Å²) in [5.41, 5.74) is -0.0987. The molecule has 0 bridgehead atoms. The van der Waals surface area contributed by atoms with Crippen LogP contribution in [-0.2, 0) is 4.79 Å². The summed E-state index contributed by atoms with van der Waals surface area (Å²) in [6, 6.07) is 0. The zero-order valence-electron chi connectivity index (χ0n) is 13.7. The molecule has 0 saturated carbocycles. The molecule has 0 atom stereocenters. The number of carbonyl (C=O) groups excluding carboxylic acids is 1. The molecule has 0 heterocycles. The summed E-state index contributed by atoms with van der Waals surface area (Å²) in [6.45, 7) is 6.35. The molecule has 1 nitrogen and oxygen atoms in total. The second-order valence-corrected chi connectivity index (χ2v) is 6.75. The van der Waals surface area contributed by atoms with Gasteiger partial charge in [-0.2, -0.15) is 0 Å². The standard InChI is InChI=1S/C18H36O/c1-4-5-6-7-8-9-10-11-12-13-14-15-16-18(2,3)17-19/h17H,4-16H2,1-3H3. The molecule has 0 amide bonds. The summed E-state index contributed by atoms with van der Waals surface area (Å²) in [7, 11) is 0. The molecule has 0 aliphatic carbocycles. The molecule has 0 unspecified atom stereocenters. The van der Waals surface area contributed by atoms with E-state index in [-0.39, 0.29) is 5.41 Å². The van der Waals surface area contributed by atoms with Crippen molar-refractivity contribution in [3.63, 3.8) is 0 Å². The van der Waals surface area contributed by atoms with Gasteiger partial charge in [-0.05, 0) is 6.42 Å². The first kappa shape index (κ1) is 18.7. The molecule has 1 heteroatoms. The third-order valence-electron chi connectivity index (χ3n) is 3.99. The van der Waals surface area contributed by atoms with Crippen molar-refractivity contribution in [2.75, 3.05) is 0 Å². The lowest BCUT2D eigenvalue weighted by Crippen LogP contribution is -2.12. The molecule has 114 valence electrons. The van der Waals surface area contributed by atoms with Crippen molar-refractivity contribution in [1.82, 2.24) is 0 Å². The molecule has 0 aliphatic rings. The van der Waals surface area contributed by atoms with Crippen molar-refractivity contribution >= 4 is 6.29 Å². The Bertz CT molecular complexity index is 196.